The fraction of sp³-hybridized carbons (Fsp3) is 0.133. The molecule has 4 heteroatoms. The molecule has 0 fully saturated rings. The second-order valence-electron chi connectivity index (χ2n) is 4.28. The molecule has 0 aliphatic heterocycles. The average Bonchev–Trinajstić information content (AvgIpc) is 2.79. The van der Waals surface area contributed by atoms with Crippen LogP contribution in [0.25, 0.3) is 22.4 Å². The van der Waals surface area contributed by atoms with Gasteiger partial charge in [-0.15, -0.1) is 0 Å². The minimum atomic E-state index is -0.308. The highest BCUT2D eigenvalue weighted by atomic mass is 19.1. The Morgan fingerprint density at radius 1 is 1.05 bits per heavy atom. The van der Waals surface area contributed by atoms with E-state index in [2.05, 4.69) is 4.98 Å². The highest BCUT2D eigenvalue weighted by Crippen LogP contribution is 2.26. The zero-order valence-corrected chi connectivity index (χ0v) is 10.3. The third-order valence-electron chi connectivity index (χ3n) is 3.09. The van der Waals surface area contributed by atoms with Crippen LogP contribution in [0.4, 0.5) is 4.39 Å². The largest absolute Gasteiger partial charge is 0.395 e. The number of para-hydroxylation sites is 2. The Labute approximate surface area is 109 Å². The lowest BCUT2D eigenvalue weighted by Crippen LogP contribution is -2.04. The molecule has 0 spiro atoms. The minimum absolute atomic E-state index is 0.0121. The number of hydrogen-bond donors (Lipinski definition) is 1. The van der Waals surface area contributed by atoms with Crippen molar-refractivity contribution in [2.75, 3.05) is 6.61 Å². The number of fused-ring (bicyclic) bond motifs is 1. The summed E-state index contributed by atoms with van der Waals surface area (Å²) < 4.78 is 15.7. The second-order valence-corrected chi connectivity index (χ2v) is 4.28. The summed E-state index contributed by atoms with van der Waals surface area (Å²) in [5, 5.41) is 9.20. The van der Waals surface area contributed by atoms with E-state index >= 15 is 0 Å². The van der Waals surface area contributed by atoms with Gasteiger partial charge in [0.05, 0.1) is 23.2 Å². The van der Waals surface area contributed by atoms with Crippen LogP contribution < -0.4 is 0 Å². The molecular weight excluding hydrogens is 243 g/mol. The van der Waals surface area contributed by atoms with Crippen molar-refractivity contribution in [3.63, 3.8) is 0 Å². The van der Waals surface area contributed by atoms with Crippen LogP contribution in [0.2, 0.25) is 0 Å². The number of halogens is 1. The summed E-state index contributed by atoms with van der Waals surface area (Å²) in [6, 6.07) is 14.1. The van der Waals surface area contributed by atoms with Gasteiger partial charge in [0.15, 0.2) is 0 Å². The molecule has 19 heavy (non-hydrogen) atoms. The van der Waals surface area contributed by atoms with Crippen LogP contribution in [-0.4, -0.2) is 21.3 Å². The molecule has 0 saturated carbocycles. The first-order valence-electron chi connectivity index (χ1n) is 6.12. The first kappa shape index (κ1) is 11.9. The fourth-order valence-electron chi connectivity index (χ4n) is 2.25. The van der Waals surface area contributed by atoms with Crippen molar-refractivity contribution in [2.45, 2.75) is 6.54 Å². The number of nitrogens with zero attached hydrogens (tertiary/aromatic N) is 2. The lowest BCUT2D eigenvalue weighted by atomic mass is 10.2. The summed E-state index contributed by atoms with van der Waals surface area (Å²) in [4.78, 5) is 4.47. The van der Waals surface area contributed by atoms with E-state index in [0.29, 0.717) is 17.9 Å². The highest BCUT2D eigenvalue weighted by molar-refractivity contribution is 5.80. The molecule has 2 aromatic carbocycles. The maximum Gasteiger partial charge on any atom is 0.144 e. The zero-order valence-electron chi connectivity index (χ0n) is 10.3. The van der Waals surface area contributed by atoms with Gasteiger partial charge in [0.2, 0.25) is 0 Å². The number of imidazole rings is 1. The van der Waals surface area contributed by atoms with Crippen molar-refractivity contribution in [3.8, 4) is 11.4 Å². The van der Waals surface area contributed by atoms with E-state index in [1.54, 1.807) is 18.2 Å². The first-order chi connectivity index (χ1) is 9.31. The van der Waals surface area contributed by atoms with Crippen LogP contribution in [-0.2, 0) is 6.54 Å². The van der Waals surface area contributed by atoms with Crippen LogP contribution >= 0.6 is 0 Å². The Kier molecular flexibility index (Phi) is 3.01. The lowest BCUT2D eigenvalue weighted by Gasteiger charge is -2.07. The van der Waals surface area contributed by atoms with Crippen molar-refractivity contribution in [2.24, 2.45) is 0 Å². The molecule has 1 N–H and O–H groups in total. The van der Waals surface area contributed by atoms with Crippen molar-refractivity contribution >= 4 is 11.0 Å². The molecule has 0 unspecified atom stereocenters. The zero-order chi connectivity index (χ0) is 13.2. The molecule has 0 bridgehead atoms. The predicted octanol–water partition coefficient (Wildman–Crippen LogP) is 2.83. The summed E-state index contributed by atoms with van der Waals surface area (Å²) in [5.41, 5.74) is 2.15. The van der Waals surface area contributed by atoms with Gasteiger partial charge >= 0.3 is 0 Å². The van der Waals surface area contributed by atoms with Crippen molar-refractivity contribution in [1.82, 2.24) is 9.55 Å². The summed E-state index contributed by atoms with van der Waals surface area (Å²) in [6.07, 6.45) is 0. The normalized spacial score (nSPS) is 11.1. The maximum absolute atomic E-state index is 13.9. The molecule has 0 amide bonds. The van der Waals surface area contributed by atoms with E-state index in [1.165, 1.54) is 6.07 Å². The molecule has 1 heterocycles. The second kappa shape index (κ2) is 4.82. The number of aromatic nitrogens is 2. The van der Waals surface area contributed by atoms with Gasteiger partial charge in [-0.2, -0.15) is 0 Å². The van der Waals surface area contributed by atoms with Crippen LogP contribution in [0.3, 0.4) is 0 Å². The molecule has 1 aromatic heterocycles. The summed E-state index contributed by atoms with van der Waals surface area (Å²) in [5.74, 6) is 0.241. The Morgan fingerprint density at radius 2 is 1.79 bits per heavy atom. The van der Waals surface area contributed by atoms with Gasteiger partial charge in [0, 0.05) is 6.54 Å². The van der Waals surface area contributed by atoms with Crippen LogP contribution in [0.15, 0.2) is 48.5 Å². The lowest BCUT2D eigenvalue weighted by molar-refractivity contribution is 0.278. The molecule has 96 valence electrons. The Morgan fingerprint density at radius 3 is 2.58 bits per heavy atom. The number of rotatable bonds is 3. The Hall–Kier alpha value is -2.20. The van der Waals surface area contributed by atoms with Gasteiger partial charge in [-0.25, -0.2) is 9.37 Å². The van der Waals surface area contributed by atoms with Gasteiger partial charge in [-0.3, -0.25) is 0 Å². The Balaban J connectivity index is 2.28. The average molecular weight is 256 g/mol. The molecule has 0 aliphatic rings. The van der Waals surface area contributed by atoms with E-state index in [4.69, 9.17) is 0 Å². The van der Waals surface area contributed by atoms with E-state index in [1.807, 2.05) is 28.8 Å². The number of aliphatic hydroxyl groups is 1. The summed E-state index contributed by atoms with van der Waals surface area (Å²) in [6.45, 7) is 0.381. The molecule has 0 radical (unpaired) electrons. The third-order valence-corrected chi connectivity index (χ3v) is 3.09. The maximum atomic E-state index is 13.9. The summed E-state index contributed by atoms with van der Waals surface area (Å²) in [7, 11) is 0. The van der Waals surface area contributed by atoms with Crippen LogP contribution in [0, 0.1) is 5.82 Å². The van der Waals surface area contributed by atoms with Gasteiger partial charge in [-0.05, 0) is 24.3 Å². The number of hydrogen-bond acceptors (Lipinski definition) is 2. The molecule has 3 aromatic rings. The van der Waals surface area contributed by atoms with Gasteiger partial charge in [-0.1, -0.05) is 24.3 Å². The van der Waals surface area contributed by atoms with E-state index in [-0.39, 0.29) is 12.4 Å². The minimum Gasteiger partial charge on any atom is -0.395 e. The molecular formula is C15H13FN2O. The standard InChI is InChI=1S/C15H13FN2O/c16-12-6-2-1-5-11(12)15-17-13-7-3-4-8-14(13)18(15)9-10-19/h1-8,19H,9-10H2. The van der Waals surface area contributed by atoms with Crippen molar-refractivity contribution in [1.29, 1.82) is 0 Å². The number of aliphatic hydroxyl groups excluding tert-OH is 1. The first-order valence-corrected chi connectivity index (χ1v) is 6.12. The molecule has 0 atom stereocenters. The quantitative estimate of drug-likeness (QED) is 0.782. The molecule has 3 rings (SSSR count). The smallest absolute Gasteiger partial charge is 0.144 e. The molecule has 3 nitrogen and oxygen atoms in total. The molecule has 0 saturated heterocycles. The van der Waals surface area contributed by atoms with Crippen molar-refractivity contribution in [3.05, 3.63) is 54.3 Å². The van der Waals surface area contributed by atoms with E-state index < -0.39 is 0 Å². The fourth-order valence-corrected chi connectivity index (χ4v) is 2.25. The highest BCUT2D eigenvalue weighted by Gasteiger charge is 2.14. The van der Waals surface area contributed by atoms with Gasteiger partial charge in [0.25, 0.3) is 0 Å². The van der Waals surface area contributed by atoms with Crippen molar-refractivity contribution < 1.29 is 9.50 Å². The SMILES string of the molecule is OCCn1c(-c2ccccc2F)nc2ccccc21. The topological polar surface area (TPSA) is 38.0 Å². The van der Waals surface area contributed by atoms with Gasteiger partial charge < -0.3 is 9.67 Å². The van der Waals surface area contributed by atoms with Crippen LogP contribution in [0.5, 0.6) is 0 Å². The number of benzene rings is 2. The Bertz CT molecular complexity index is 721. The van der Waals surface area contributed by atoms with E-state index in [9.17, 15) is 9.50 Å². The predicted molar refractivity (Wildman–Crippen MR) is 72.2 cm³/mol. The monoisotopic (exact) mass is 256 g/mol. The van der Waals surface area contributed by atoms with Gasteiger partial charge in [0.1, 0.15) is 11.6 Å². The van der Waals surface area contributed by atoms with E-state index in [0.717, 1.165) is 11.0 Å². The molecule has 0 aliphatic carbocycles. The third kappa shape index (κ3) is 2.00. The van der Waals surface area contributed by atoms with Crippen LogP contribution in [0.1, 0.15) is 0 Å². The summed E-state index contributed by atoms with van der Waals surface area (Å²) >= 11 is 0.